The van der Waals surface area contributed by atoms with E-state index in [9.17, 15) is 4.79 Å². The van der Waals surface area contributed by atoms with Crippen molar-refractivity contribution < 1.29 is 14.1 Å². The molecule has 1 aliphatic rings. The van der Waals surface area contributed by atoms with E-state index in [2.05, 4.69) is 21.9 Å². The summed E-state index contributed by atoms with van der Waals surface area (Å²) in [4.78, 5) is 14.0. The van der Waals surface area contributed by atoms with Gasteiger partial charge in [-0.3, -0.25) is 4.79 Å². The van der Waals surface area contributed by atoms with E-state index in [1.807, 2.05) is 25.4 Å². The minimum Gasteiger partial charge on any atom is -0.490 e. The molecule has 6 heteroatoms. The third-order valence-corrected chi connectivity index (χ3v) is 4.56. The van der Waals surface area contributed by atoms with E-state index >= 15 is 0 Å². The zero-order valence-corrected chi connectivity index (χ0v) is 13.5. The standard InChI is InChI=1S/C18H19N3O3/c1-20-10-8-14-15(20)3-2-4-16(14)23-13-6-11-21(12-7-13)18(22)17-5-9-19-24-17/h2-5,8-10,13H,6-7,11-12H2,1H3. The number of aromatic nitrogens is 2. The quantitative estimate of drug-likeness (QED) is 0.743. The van der Waals surface area contributed by atoms with E-state index < -0.39 is 0 Å². The Morgan fingerprint density at radius 2 is 2.08 bits per heavy atom. The Morgan fingerprint density at radius 1 is 1.25 bits per heavy atom. The number of ether oxygens (including phenoxy) is 1. The summed E-state index contributed by atoms with van der Waals surface area (Å²) >= 11 is 0. The lowest BCUT2D eigenvalue weighted by Crippen LogP contribution is -2.41. The summed E-state index contributed by atoms with van der Waals surface area (Å²) in [5.41, 5.74) is 1.16. The normalized spacial score (nSPS) is 15.8. The number of aryl methyl sites for hydroxylation is 1. The molecule has 1 fully saturated rings. The van der Waals surface area contributed by atoms with Crippen LogP contribution in [0.3, 0.4) is 0 Å². The van der Waals surface area contributed by atoms with Gasteiger partial charge in [0.1, 0.15) is 11.9 Å². The summed E-state index contributed by atoms with van der Waals surface area (Å²) in [6.45, 7) is 1.32. The van der Waals surface area contributed by atoms with Crippen LogP contribution in [-0.2, 0) is 7.05 Å². The number of rotatable bonds is 3. The number of nitrogens with zero attached hydrogens (tertiary/aromatic N) is 3. The van der Waals surface area contributed by atoms with Gasteiger partial charge in [0.25, 0.3) is 5.91 Å². The first-order valence-electron chi connectivity index (χ1n) is 8.13. The summed E-state index contributed by atoms with van der Waals surface area (Å²) in [7, 11) is 2.03. The third-order valence-electron chi connectivity index (χ3n) is 4.56. The van der Waals surface area contributed by atoms with Crippen LogP contribution in [0, 0.1) is 0 Å². The van der Waals surface area contributed by atoms with Crippen molar-refractivity contribution in [2.75, 3.05) is 13.1 Å². The Morgan fingerprint density at radius 3 is 2.83 bits per heavy atom. The van der Waals surface area contributed by atoms with Crippen LogP contribution in [0.5, 0.6) is 5.75 Å². The molecule has 0 aliphatic carbocycles. The molecule has 124 valence electrons. The van der Waals surface area contributed by atoms with Crippen LogP contribution in [0.15, 0.2) is 47.2 Å². The number of likely N-dealkylation sites (tertiary alicyclic amines) is 1. The van der Waals surface area contributed by atoms with Crippen molar-refractivity contribution in [1.82, 2.24) is 14.6 Å². The monoisotopic (exact) mass is 325 g/mol. The highest BCUT2D eigenvalue weighted by Crippen LogP contribution is 2.28. The van der Waals surface area contributed by atoms with Crippen molar-refractivity contribution in [3.8, 4) is 5.75 Å². The number of hydrogen-bond donors (Lipinski definition) is 0. The van der Waals surface area contributed by atoms with Crippen molar-refractivity contribution in [2.45, 2.75) is 18.9 Å². The second-order valence-corrected chi connectivity index (χ2v) is 6.10. The minimum absolute atomic E-state index is 0.101. The van der Waals surface area contributed by atoms with Gasteiger partial charge >= 0.3 is 0 Å². The maximum absolute atomic E-state index is 12.3. The molecule has 4 rings (SSSR count). The van der Waals surface area contributed by atoms with E-state index in [0.29, 0.717) is 18.8 Å². The first-order valence-corrected chi connectivity index (χ1v) is 8.13. The maximum atomic E-state index is 12.3. The molecule has 1 amide bonds. The van der Waals surface area contributed by atoms with Gasteiger partial charge in [-0.15, -0.1) is 0 Å². The van der Waals surface area contributed by atoms with E-state index in [-0.39, 0.29) is 12.0 Å². The second-order valence-electron chi connectivity index (χ2n) is 6.10. The molecule has 1 saturated heterocycles. The molecule has 0 spiro atoms. The van der Waals surface area contributed by atoms with Crippen LogP contribution < -0.4 is 4.74 Å². The molecular formula is C18H19N3O3. The van der Waals surface area contributed by atoms with Crippen molar-refractivity contribution >= 4 is 16.8 Å². The smallest absolute Gasteiger partial charge is 0.292 e. The fraction of sp³-hybridized carbons (Fsp3) is 0.333. The highest BCUT2D eigenvalue weighted by atomic mass is 16.5. The molecule has 3 heterocycles. The van der Waals surface area contributed by atoms with Gasteiger partial charge in [-0.2, -0.15) is 0 Å². The van der Waals surface area contributed by atoms with Gasteiger partial charge in [0, 0.05) is 50.6 Å². The van der Waals surface area contributed by atoms with E-state index in [4.69, 9.17) is 9.26 Å². The fourth-order valence-corrected chi connectivity index (χ4v) is 3.22. The van der Waals surface area contributed by atoms with Crippen LogP contribution in [0.4, 0.5) is 0 Å². The van der Waals surface area contributed by atoms with Gasteiger partial charge in [0.15, 0.2) is 0 Å². The molecule has 0 saturated carbocycles. The van der Waals surface area contributed by atoms with Crippen molar-refractivity contribution in [3.05, 3.63) is 48.5 Å². The van der Waals surface area contributed by atoms with Gasteiger partial charge in [-0.05, 0) is 18.2 Å². The van der Waals surface area contributed by atoms with E-state index in [1.165, 1.54) is 6.20 Å². The highest BCUT2D eigenvalue weighted by molar-refractivity contribution is 5.91. The Balaban J connectivity index is 1.42. The van der Waals surface area contributed by atoms with Gasteiger partial charge in [-0.25, -0.2) is 0 Å². The summed E-state index contributed by atoms with van der Waals surface area (Å²) in [5.74, 6) is 1.10. The number of fused-ring (bicyclic) bond motifs is 1. The van der Waals surface area contributed by atoms with Crippen LogP contribution in [0.25, 0.3) is 10.9 Å². The molecule has 24 heavy (non-hydrogen) atoms. The molecule has 0 unspecified atom stereocenters. The first-order chi connectivity index (χ1) is 11.7. The van der Waals surface area contributed by atoms with Crippen LogP contribution in [0.2, 0.25) is 0 Å². The predicted octanol–water partition coefficient (Wildman–Crippen LogP) is 2.85. The minimum atomic E-state index is -0.101. The third kappa shape index (κ3) is 2.64. The molecule has 2 aromatic heterocycles. The predicted molar refractivity (Wildman–Crippen MR) is 89.0 cm³/mol. The average molecular weight is 325 g/mol. The molecule has 3 aromatic rings. The van der Waals surface area contributed by atoms with Gasteiger partial charge in [0.2, 0.25) is 5.76 Å². The lowest BCUT2D eigenvalue weighted by Gasteiger charge is -2.31. The number of carbonyl (C=O) groups is 1. The van der Waals surface area contributed by atoms with E-state index in [1.54, 1.807) is 11.0 Å². The average Bonchev–Trinajstić information content (AvgIpc) is 3.26. The lowest BCUT2D eigenvalue weighted by molar-refractivity contribution is 0.0560. The Bertz CT molecular complexity index is 846. The summed E-state index contributed by atoms with van der Waals surface area (Å²) < 4.78 is 13.2. The topological polar surface area (TPSA) is 60.5 Å². The summed E-state index contributed by atoms with van der Waals surface area (Å²) in [6, 6.07) is 9.78. The molecule has 0 atom stereocenters. The van der Waals surface area contributed by atoms with Gasteiger partial charge in [-0.1, -0.05) is 11.2 Å². The maximum Gasteiger partial charge on any atom is 0.292 e. The fourth-order valence-electron chi connectivity index (χ4n) is 3.22. The highest BCUT2D eigenvalue weighted by Gasteiger charge is 2.26. The Hall–Kier alpha value is -2.76. The Kier molecular flexibility index (Phi) is 3.72. The molecule has 0 N–H and O–H groups in total. The summed E-state index contributed by atoms with van der Waals surface area (Å²) in [6.07, 6.45) is 5.26. The summed E-state index contributed by atoms with van der Waals surface area (Å²) in [5, 5.41) is 4.72. The van der Waals surface area contributed by atoms with Gasteiger partial charge < -0.3 is 18.7 Å². The SMILES string of the molecule is Cn1ccc2c(OC3CCN(C(=O)c4ccno4)CC3)cccc21. The Labute approximate surface area is 139 Å². The molecular weight excluding hydrogens is 306 g/mol. The van der Waals surface area contributed by atoms with Crippen molar-refractivity contribution in [3.63, 3.8) is 0 Å². The number of benzene rings is 1. The van der Waals surface area contributed by atoms with Crippen LogP contribution in [0.1, 0.15) is 23.4 Å². The van der Waals surface area contributed by atoms with Gasteiger partial charge in [0.05, 0.1) is 11.7 Å². The zero-order valence-electron chi connectivity index (χ0n) is 13.5. The van der Waals surface area contributed by atoms with Crippen LogP contribution >= 0.6 is 0 Å². The van der Waals surface area contributed by atoms with Crippen LogP contribution in [-0.4, -0.2) is 39.7 Å². The molecule has 6 nitrogen and oxygen atoms in total. The molecule has 1 aliphatic heterocycles. The number of carbonyl (C=O) groups excluding carboxylic acids is 1. The second kappa shape index (κ2) is 6.03. The first kappa shape index (κ1) is 14.8. The number of amides is 1. The van der Waals surface area contributed by atoms with E-state index in [0.717, 1.165) is 29.5 Å². The van der Waals surface area contributed by atoms with Crippen molar-refractivity contribution in [2.24, 2.45) is 7.05 Å². The number of piperidine rings is 1. The van der Waals surface area contributed by atoms with Crippen molar-refractivity contribution in [1.29, 1.82) is 0 Å². The zero-order chi connectivity index (χ0) is 16.5. The largest absolute Gasteiger partial charge is 0.490 e. The lowest BCUT2D eigenvalue weighted by atomic mass is 10.1. The molecule has 0 bridgehead atoms. The molecule has 1 aromatic carbocycles. The molecule has 0 radical (unpaired) electrons. The number of hydrogen-bond acceptors (Lipinski definition) is 4.